The van der Waals surface area contributed by atoms with E-state index >= 15 is 0 Å². The number of carbonyl (C=O) groups excluding carboxylic acids is 1. The standard InChI is InChI=1S/C18H19BrN2O3S2/c1-25-15-8-6-14(7-9-15)20-18(22)17-3-2-12-21(17)26(23,24)16-10-4-13(19)5-11-16/h4-11,17H,2-3,12H2,1H3,(H,20,22)/t17-/m1/s1. The molecule has 1 atom stereocenters. The van der Waals surface area contributed by atoms with Gasteiger partial charge in [-0.15, -0.1) is 11.8 Å². The maximum atomic E-state index is 12.9. The molecule has 0 unspecified atom stereocenters. The number of amides is 1. The molecule has 26 heavy (non-hydrogen) atoms. The van der Waals surface area contributed by atoms with Crippen LogP contribution in [0, 0.1) is 0 Å². The smallest absolute Gasteiger partial charge is 0.243 e. The minimum atomic E-state index is -3.70. The molecule has 0 aliphatic carbocycles. The van der Waals surface area contributed by atoms with E-state index in [9.17, 15) is 13.2 Å². The van der Waals surface area contributed by atoms with Crippen LogP contribution >= 0.6 is 27.7 Å². The Kier molecular flexibility index (Phi) is 6.06. The molecule has 0 bridgehead atoms. The van der Waals surface area contributed by atoms with Gasteiger partial charge >= 0.3 is 0 Å². The van der Waals surface area contributed by atoms with Gasteiger partial charge in [-0.1, -0.05) is 15.9 Å². The first-order valence-electron chi connectivity index (χ1n) is 8.14. The quantitative estimate of drug-likeness (QED) is 0.694. The maximum Gasteiger partial charge on any atom is 0.243 e. The van der Waals surface area contributed by atoms with Gasteiger partial charge in [0.05, 0.1) is 4.90 Å². The van der Waals surface area contributed by atoms with Gasteiger partial charge < -0.3 is 5.32 Å². The first kappa shape index (κ1) is 19.4. The molecule has 138 valence electrons. The third-order valence-electron chi connectivity index (χ3n) is 4.28. The summed E-state index contributed by atoms with van der Waals surface area (Å²) in [5, 5.41) is 2.84. The van der Waals surface area contributed by atoms with Crippen molar-refractivity contribution in [3.63, 3.8) is 0 Å². The maximum absolute atomic E-state index is 12.9. The monoisotopic (exact) mass is 454 g/mol. The number of hydrogen-bond acceptors (Lipinski definition) is 4. The first-order valence-corrected chi connectivity index (χ1v) is 11.6. The number of nitrogens with zero attached hydrogens (tertiary/aromatic N) is 1. The molecule has 5 nitrogen and oxygen atoms in total. The van der Waals surface area contributed by atoms with Gasteiger partial charge in [-0.3, -0.25) is 4.79 Å². The zero-order valence-corrected chi connectivity index (χ0v) is 17.4. The summed E-state index contributed by atoms with van der Waals surface area (Å²) in [7, 11) is -3.70. The molecule has 2 aromatic rings. The second-order valence-electron chi connectivity index (χ2n) is 5.95. The topological polar surface area (TPSA) is 66.5 Å². The molecule has 1 amide bonds. The zero-order chi connectivity index (χ0) is 18.7. The van der Waals surface area contributed by atoms with E-state index in [4.69, 9.17) is 0 Å². The molecule has 0 spiro atoms. The van der Waals surface area contributed by atoms with Crippen molar-refractivity contribution in [2.75, 3.05) is 18.1 Å². The van der Waals surface area contributed by atoms with Crippen LogP contribution in [0.25, 0.3) is 0 Å². The minimum absolute atomic E-state index is 0.199. The van der Waals surface area contributed by atoms with Crippen molar-refractivity contribution in [1.82, 2.24) is 4.31 Å². The van der Waals surface area contributed by atoms with Crippen molar-refractivity contribution < 1.29 is 13.2 Å². The number of sulfonamides is 1. The van der Waals surface area contributed by atoms with E-state index in [0.29, 0.717) is 25.1 Å². The van der Waals surface area contributed by atoms with E-state index in [-0.39, 0.29) is 10.8 Å². The third kappa shape index (κ3) is 4.14. The Morgan fingerprint density at radius 1 is 1.15 bits per heavy atom. The summed E-state index contributed by atoms with van der Waals surface area (Å²) in [6.07, 6.45) is 3.17. The van der Waals surface area contributed by atoms with Gasteiger partial charge in [-0.25, -0.2) is 8.42 Å². The molecule has 2 aromatic carbocycles. The zero-order valence-electron chi connectivity index (χ0n) is 14.2. The van der Waals surface area contributed by atoms with E-state index in [1.54, 1.807) is 36.0 Å². The van der Waals surface area contributed by atoms with Crippen molar-refractivity contribution >= 4 is 49.3 Å². The lowest BCUT2D eigenvalue weighted by Crippen LogP contribution is -2.43. The Bertz CT molecular complexity index is 884. The number of carbonyl (C=O) groups is 1. The highest BCUT2D eigenvalue weighted by Crippen LogP contribution is 2.28. The van der Waals surface area contributed by atoms with Crippen LogP contribution < -0.4 is 5.32 Å². The van der Waals surface area contributed by atoms with E-state index in [1.807, 2.05) is 30.5 Å². The summed E-state index contributed by atoms with van der Waals surface area (Å²) in [5.74, 6) is -0.292. The summed E-state index contributed by atoms with van der Waals surface area (Å²) in [6, 6.07) is 13.3. The molecule has 0 radical (unpaired) electrons. The predicted octanol–water partition coefficient (Wildman–Crippen LogP) is 3.96. The Hall–Kier alpha value is -1.35. The molecule has 3 rings (SSSR count). The highest BCUT2D eigenvalue weighted by Gasteiger charge is 2.39. The fourth-order valence-electron chi connectivity index (χ4n) is 2.93. The van der Waals surface area contributed by atoms with Crippen molar-refractivity contribution in [2.24, 2.45) is 0 Å². The summed E-state index contributed by atoms with van der Waals surface area (Å²) in [5.41, 5.74) is 0.667. The number of nitrogens with one attached hydrogen (secondary N) is 1. The van der Waals surface area contributed by atoms with Gasteiger partial charge in [-0.2, -0.15) is 4.31 Å². The number of thioether (sulfide) groups is 1. The number of benzene rings is 2. The largest absolute Gasteiger partial charge is 0.325 e. The van der Waals surface area contributed by atoms with Crippen molar-refractivity contribution in [3.05, 3.63) is 53.0 Å². The van der Waals surface area contributed by atoms with Gasteiger partial charge in [0.15, 0.2) is 0 Å². The second kappa shape index (κ2) is 8.12. The normalized spacial score (nSPS) is 18.0. The van der Waals surface area contributed by atoms with Gasteiger partial charge in [0, 0.05) is 21.6 Å². The first-order chi connectivity index (χ1) is 12.4. The van der Waals surface area contributed by atoms with Crippen LogP contribution in [0.1, 0.15) is 12.8 Å². The average molecular weight is 455 g/mol. The second-order valence-corrected chi connectivity index (χ2v) is 9.63. The molecule has 1 heterocycles. The van der Waals surface area contributed by atoms with E-state index in [1.165, 1.54) is 4.31 Å². The molecule has 8 heteroatoms. The summed E-state index contributed by atoms with van der Waals surface area (Å²) in [6.45, 7) is 0.349. The lowest BCUT2D eigenvalue weighted by Gasteiger charge is -2.23. The molecular weight excluding hydrogens is 436 g/mol. The van der Waals surface area contributed by atoms with Crippen LogP contribution in [-0.4, -0.2) is 37.5 Å². The SMILES string of the molecule is CSc1ccc(NC(=O)[C@H]2CCCN2S(=O)(=O)c2ccc(Br)cc2)cc1. The van der Waals surface area contributed by atoms with E-state index in [2.05, 4.69) is 21.2 Å². The predicted molar refractivity (Wildman–Crippen MR) is 108 cm³/mol. The van der Waals surface area contributed by atoms with Gasteiger partial charge in [0.25, 0.3) is 0 Å². The van der Waals surface area contributed by atoms with Crippen LogP contribution in [0.2, 0.25) is 0 Å². The molecule has 1 N–H and O–H groups in total. The minimum Gasteiger partial charge on any atom is -0.325 e. The average Bonchev–Trinajstić information content (AvgIpc) is 3.13. The highest BCUT2D eigenvalue weighted by atomic mass is 79.9. The molecule has 1 aliphatic rings. The lowest BCUT2D eigenvalue weighted by molar-refractivity contribution is -0.119. The molecule has 1 fully saturated rings. The Balaban J connectivity index is 1.78. The lowest BCUT2D eigenvalue weighted by atomic mass is 10.2. The van der Waals surface area contributed by atoms with Gasteiger partial charge in [0.2, 0.25) is 15.9 Å². The van der Waals surface area contributed by atoms with E-state index in [0.717, 1.165) is 9.37 Å². The van der Waals surface area contributed by atoms with Crippen LogP contribution in [0.4, 0.5) is 5.69 Å². The van der Waals surface area contributed by atoms with Crippen molar-refractivity contribution in [3.8, 4) is 0 Å². The molecule has 1 aliphatic heterocycles. The molecule has 0 aromatic heterocycles. The van der Waals surface area contributed by atoms with Crippen LogP contribution in [0.15, 0.2) is 62.8 Å². The number of anilines is 1. The Morgan fingerprint density at radius 3 is 2.42 bits per heavy atom. The Labute approximate surface area is 166 Å². The van der Waals surface area contributed by atoms with Gasteiger partial charge in [-0.05, 0) is 67.6 Å². The highest BCUT2D eigenvalue weighted by molar-refractivity contribution is 9.10. The number of rotatable bonds is 5. The third-order valence-corrected chi connectivity index (χ3v) is 7.48. The van der Waals surface area contributed by atoms with Crippen molar-refractivity contribution in [1.29, 1.82) is 0 Å². The van der Waals surface area contributed by atoms with Crippen LogP contribution in [0.5, 0.6) is 0 Å². The summed E-state index contributed by atoms with van der Waals surface area (Å²) < 4.78 is 28.0. The van der Waals surface area contributed by atoms with Crippen LogP contribution in [0.3, 0.4) is 0 Å². The Morgan fingerprint density at radius 2 is 1.81 bits per heavy atom. The summed E-state index contributed by atoms with van der Waals surface area (Å²) in [4.78, 5) is 14.0. The number of halogens is 1. The molecule has 1 saturated heterocycles. The molecular formula is C18H19BrN2O3S2. The van der Waals surface area contributed by atoms with Crippen molar-refractivity contribution in [2.45, 2.75) is 28.7 Å². The fraction of sp³-hybridized carbons (Fsp3) is 0.278. The fourth-order valence-corrected chi connectivity index (χ4v) is 5.26. The number of hydrogen-bond donors (Lipinski definition) is 1. The van der Waals surface area contributed by atoms with Gasteiger partial charge in [0.1, 0.15) is 6.04 Å². The summed E-state index contributed by atoms with van der Waals surface area (Å²) >= 11 is 4.92. The van der Waals surface area contributed by atoms with E-state index < -0.39 is 16.1 Å². The molecule has 0 saturated carbocycles. The van der Waals surface area contributed by atoms with Crippen LogP contribution in [-0.2, 0) is 14.8 Å².